The molecule has 2 rings (SSSR count). The van der Waals surface area contributed by atoms with Crippen molar-refractivity contribution in [3.05, 3.63) is 48.0 Å². The Morgan fingerprint density at radius 3 is 2.60 bits per heavy atom. The molecule has 0 saturated carbocycles. The maximum Gasteiger partial charge on any atom is 0.246 e. The van der Waals surface area contributed by atoms with Gasteiger partial charge in [0, 0.05) is 13.1 Å². The third-order valence-corrected chi connectivity index (χ3v) is 5.66. The van der Waals surface area contributed by atoms with E-state index in [4.69, 9.17) is 0 Å². The Morgan fingerprint density at radius 2 is 1.95 bits per heavy atom. The van der Waals surface area contributed by atoms with E-state index in [2.05, 4.69) is 0 Å². The van der Waals surface area contributed by atoms with Crippen molar-refractivity contribution in [3.63, 3.8) is 0 Å². The first-order chi connectivity index (χ1) is 9.54. The van der Waals surface area contributed by atoms with E-state index >= 15 is 0 Å². The zero-order valence-electron chi connectivity index (χ0n) is 11.5. The molecule has 1 heterocycles. The monoisotopic (exact) mass is 293 g/mol. The van der Waals surface area contributed by atoms with Crippen LogP contribution in [0.2, 0.25) is 0 Å². The molecular weight excluding hydrogens is 274 g/mol. The van der Waals surface area contributed by atoms with E-state index in [9.17, 15) is 13.2 Å². The van der Waals surface area contributed by atoms with Gasteiger partial charge in [-0.3, -0.25) is 4.79 Å². The summed E-state index contributed by atoms with van der Waals surface area (Å²) in [5, 5.41) is -0.507. The van der Waals surface area contributed by atoms with Crippen molar-refractivity contribution >= 4 is 15.7 Å². The van der Waals surface area contributed by atoms with Crippen molar-refractivity contribution < 1.29 is 13.2 Å². The first-order valence-corrected chi connectivity index (χ1v) is 8.44. The summed E-state index contributed by atoms with van der Waals surface area (Å²) in [6.45, 7) is 2.52. The average molecular weight is 293 g/mol. The van der Waals surface area contributed by atoms with Gasteiger partial charge in [-0.2, -0.15) is 0 Å². The maximum absolute atomic E-state index is 12.4. The average Bonchev–Trinajstić information content (AvgIpc) is 2.58. The van der Waals surface area contributed by atoms with Gasteiger partial charge in [-0.05, 0) is 25.0 Å². The second-order valence-electron chi connectivity index (χ2n) is 4.88. The van der Waals surface area contributed by atoms with Crippen LogP contribution in [0.25, 0.3) is 0 Å². The third-order valence-electron chi connectivity index (χ3n) is 3.53. The van der Waals surface area contributed by atoms with Gasteiger partial charge in [0.2, 0.25) is 5.91 Å². The van der Waals surface area contributed by atoms with Gasteiger partial charge in [0.15, 0.2) is 9.84 Å². The van der Waals surface area contributed by atoms with Crippen molar-refractivity contribution in [2.75, 3.05) is 18.8 Å². The summed E-state index contributed by atoms with van der Waals surface area (Å²) in [4.78, 5) is 13.5. The summed E-state index contributed by atoms with van der Waals surface area (Å²) in [7, 11) is -3.21. The topological polar surface area (TPSA) is 54.5 Å². The van der Waals surface area contributed by atoms with Crippen LogP contribution in [0, 0.1) is 0 Å². The van der Waals surface area contributed by atoms with Gasteiger partial charge in [-0.15, -0.1) is 0 Å². The van der Waals surface area contributed by atoms with Crippen LogP contribution in [0.15, 0.2) is 42.5 Å². The molecule has 0 bridgehead atoms. The summed E-state index contributed by atoms with van der Waals surface area (Å²) < 4.78 is 24.7. The molecule has 1 aliphatic rings. The molecule has 1 fully saturated rings. The lowest BCUT2D eigenvalue weighted by atomic mass is 10.1. The fraction of sp³-hybridized carbons (Fsp3) is 0.400. The molecule has 20 heavy (non-hydrogen) atoms. The van der Waals surface area contributed by atoms with E-state index in [1.807, 2.05) is 30.3 Å². The Kier molecular flexibility index (Phi) is 4.60. The standard InChI is InChI=1S/C15H19NO3S/c1-2-6-15(17)16-10-9-14(20(18,19)12-11-16)13-7-4-3-5-8-13/h2-8,14H,9-12H2,1H3/b6-2+/t14-/m0/s1. The van der Waals surface area contributed by atoms with Crippen LogP contribution < -0.4 is 0 Å². The largest absolute Gasteiger partial charge is 0.338 e. The van der Waals surface area contributed by atoms with Crippen molar-refractivity contribution in [2.24, 2.45) is 0 Å². The minimum atomic E-state index is -3.21. The van der Waals surface area contributed by atoms with Gasteiger partial charge >= 0.3 is 0 Å². The van der Waals surface area contributed by atoms with Gasteiger partial charge in [0.05, 0.1) is 11.0 Å². The fourth-order valence-electron chi connectivity index (χ4n) is 2.45. The highest BCUT2D eigenvalue weighted by Crippen LogP contribution is 2.29. The Morgan fingerprint density at radius 1 is 1.25 bits per heavy atom. The lowest BCUT2D eigenvalue weighted by Crippen LogP contribution is -2.32. The molecular formula is C15H19NO3S. The Balaban J connectivity index is 2.22. The molecule has 1 atom stereocenters. The second-order valence-corrected chi connectivity index (χ2v) is 7.18. The number of allylic oxidation sites excluding steroid dienone is 1. The molecule has 0 aliphatic carbocycles. The van der Waals surface area contributed by atoms with Crippen molar-refractivity contribution in [2.45, 2.75) is 18.6 Å². The van der Waals surface area contributed by atoms with Gasteiger partial charge < -0.3 is 4.90 Å². The van der Waals surface area contributed by atoms with Gasteiger partial charge in [-0.25, -0.2) is 8.42 Å². The van der Waals surface area contributed by atoms with E-state index in [0.717, 1.165) is 5.56 Å². The summed E-state index contributed by atoms with van der Waals surface area (Å²) in [6, 6.07) is 9.24. The molecule has 0 N–H and O–H groups in total. The highest BCUT2D eigenvalue weighted by molar-refractivity contribution is 7.91. The van der Waals surface area contributed by atoms with Crippen LogP contribution in [0.5, 0.6) is 0 Å². The van der Waals surface area contributed by atoms with Gasteiger partial charge in [0.25, 0.3) is 0 Å². The van der Waals surface area contributed by atoms with Crippen molar-refractivity contribution in [3.8, 4) is 0 Å². The number of hydrogen-bond acceptors (Lipinski definition) is 3. The number of rotatable bonds is 2. The van der Waals surface area contributed by atoms with E-state index in [0.29, 0.717) is 13.0 Å². The molecule has 0 spiro atoms. The predicted octanol–water partition coefficient (Wildman–Crippen LogP) is 1.95. The van der Waals surface area contributed by atoms with Crippen LogP contribution >= 0.6 is 0 Å². The summed E-state index contributed by atoms with van der Waals surface area (Å²) in [5.41, 5.74) is 0.813. The number of carbonyl (C=O) groups excluding carboxylic acids is 1. The highest BCUT2D eigenvalue weighted by Gasteiger charge is 2.31. The molecule has 108 valence electrons. The molecule has 1 amide bonds. The van der Waals surface area contributed by atoms with E-state index < -0.39 is 15.1 Å². The Labute approximate surface area is 120 Å². The zero-order valence-corrected chi connectivity index (χ0v) is 12.3. The molecule has 1 saturated heterocycles. The van der Waals surface area contributed by atoms with Gasteiger partial charge in [-0.1, -0.05) is 36.4 Å². The minimum absolute atomic E-state index is 0.0237. The van der Waals surface area contributed by atoms with Crippen molar-refractivity contribution in [1.29, 1.82) is 0 Å². The zero-order chi connectivity index (χ0) is 14.6. The maximum atomic E-state index is 12.4. The molecule has 5 heteroatoms. The number of hydrogen-bond donors (Lipinski definition) is 0. The summed E-state index contributed by atoms with van der Waals surface area (Å²) in [5.74, 6) is -0.0908. The lowest BCUT2D eigenvalue weighted by Gasteiger charge is -2.18. The van der Waals surface area contributed by atoms with Crippen LogP contribution in [0.3, 0.4) is 0 Å². The number of amides is 1. The number of carbonyl (C=O) groups is 1. The molecule has 1 aromatic rings. The Hall–Kier alpha value is -1.62. The molecule has 0 radical (unpaired) electrons. The normalized spacial score (nSPS) is 22.6. The highest BCUT2D eigenvalue weighted by atomic mass is 32.2. The number of sulfone groups is 1. The van der Waals surface area contributed by atoms with Crippen LogP contribution in [0.1, 0.15) is 24.2 Å². The smallest absolute Gasteiger partial charge is 0.246 e. The molecule has 1 aromatic carbocycles. The van der Waals surface area contributed by atoms with Crippen LogP contribution in [-0.4, -0.2) is 38.1 Å². The van der Waals surface area contributed by atoms with Crippen LogP contribution in [0.4, 0.5) is 0 Å². The molecule has 1 aliphatic heterocycles. The molecule has 4 nitrogen and oxygen atoms in total. The SMILES string of the molecule is C/C=C/C(=O)N1CC[C@@H](c2ccccc2)S(=O)(=O)CC1. The number of benzene rings is 1. The third kappa shape index (κ3) is 3.28. The Bertz CT molecular complexity index is 593. The fourth-order valence-corrected chi connectivity index (χ4v) is 4.25. The first-order valence-electron chi connectivity index (χ1n) is 6.72. The molecule has 0 aromatic heterocycles. The lowest BCUT2D eigenvalue weighted by molar-refractivity contribution is -0.125. The number of nitrogens with zero attached hydrogens (tertiary/aromatic N) is 1. The first kappa shape index (κ1) is 14.8. The summed E-state index contributed by atoms with van der Waals surface area (Å²) in [6.07, 6.45) is 3.61. The second kappa shape index (κ2) is 6.22. The van der Waals surface area contributed by atoms with Crippen LogP contribution in [-0.2, 0) is 14.6 Å². The summed E-state index contributed by atoms with van der Waals surface area (Å²) >= 11 is 0. The van der Waals surface area contributed by atoms with E-state index in [1.165, 1.54) is 6.08 Å². The quantitative estimate of drug-likeness (QED) is 0.783. The van der Waals surface area contributed by atoms with Crippen molar-refractivity contribution in [1.82, 2.24) is 4.90 Å². The van der Waals surface area contributed by atoms with E-state index in [1.54, 1.807) is 17.9 Å². The molecule has 0 unspecified atom stereocenters. The van der Waals surface area contributed by atoms with Gasteiger partial charge in [0.1, 0.15) is 0 Å². The predicted molar refractivity (Wildman–Crippen MR) is 79.0 cm³/mol. The van der Waals surface area contributed by atoms with E-state index in [-0.39, 0.29) is 18.2 Å². The minimum Gasteiger partial charge on any atom is -0.338 e.